The van der Waals surface area contributed by atoms with Crippen molar-refractivity contribution >= 4 is 34.7 Å². The van der Waals surface area contributed by atoms with E-state index in [1.165, 1.54) is 11.8 Å². The largest absolute Gasteiger partial charge is 0.333 e. The Balaban J connectivity index is 1.46. The van der Waals surface area contributed by atoms with Gasteiger partial charge in [0.25, 0.3) is 5.89 Å². The molecule has 0 saturated heterocycles. The zero-order chi connectivity index (χ0) is 19.3. The lowest BCUT2D eigenvalue weighted by Gasteiger charge is -2.06. The van der Waals surface area contributed by atoms with Gasteiger partial charge >= 0.3 is 0 Å². The lowest BCUT2D eigenvalue weighted by atomic mass is 10.2. The standard InChI is InChI=1S/C20H16N4O2S2/c1-13-6-8-14(9-7-13)22-17(25)12-28-20-15(4-2-10-21-20)19-23-18(24-26-19)16-5-3-11-27-16/h2-11H,12H2,1H3,(H,22,25). The molecule has 3 heterocycles. The van der Waals surface area contributed by atoms with Gasteiger partial charge in [0.15, 0.2) is 0 Å². The van der Waals surface area contributed by atoms with E-state index in [0.717, 1.165) is 16.1 Å². The minimum absolute atomic E-state index is 0.102. The number of thiophene rings is 1. The normalized spacial score (nSPS) is 10.8. The van der Waals surface area contributed by atoms with Gasteiger partial charge in [-0.2, -0.15) is 4.98 Å². The van der Waals surface area contributed by atoms with Crippen LogP contribution in [0, 0.1) is 6.92 Å². The van der Waals surface area contributed by atoms with E-state index in [1.807, 2.05) is 54.8 Å². The number of carbonyl (C=O) groups excluding carboxylic acids is 1. The molecule has 0 fully saturated rings. The Bertz CT molecular complexity index is 1080. The third kappa shape index (κ3) is 4.29. The molecule has 0 unspecified atom stereocenters. The van der Waals surface area contributed by atoms with E-state index < -0.39 is 0 Å². The number of anilines is 1. The van der Waals surface area contributed by atoms with Crippen LogP contribution in [0.15, 0.2) is 69.7 Å². The van der Waals surface area contributed by atoms with Crippen molar-refractivity contribution in [3.05, 3.63) is 65.7 Å². The predicted molar refractivity (Wildman–Crippen MR) is 111 cm³/mol. The van der Waals surface area contributed by atoms with Gasteiger partial charge in [0.2, 0.25) is 11.7 Å². The summed E-state index contributed by atoms with van der Waals surface area (Å²) in [6.45, 7) is 2.01. The van der Waals surface area contributed by atoms with Gasteiger partial charge in [0.05, 0.1) is 16.2 Å². The topological polar surface area (TPSA) is 80.9 Å². The molecule has 0 radical (unpaired) electrons. The average molecular weight is 409 g/mol. The zero-order valence-electron chi connectivity index (χ0n) is 15.0. The van der Waals surface area contributed by atoms with E-state index >= 15 is 0 Å². The average Bonchev–Trinajstić information content (AvgIpc) is 3.40. The number of nitrogens with one attached hydrogen (secondary N) is 1. The Morgan fingerprint density at radius 1 is 1.18 bits per heavy atom. The van der Waals surface area contributed by atoms with E-state index in [-0.39, 0.29) is 11.7 Å². The summed E-state index contributed by atoms with van der Waals surface area (Å²) < 4.78 is 5.42. The number of amides is 1. The Labute approximate surface area is 170 Å². The second-order valence-corrected chi connectivity index (χ2v) is 7.87. The van der Waals surface area contributed by atoms with Crippen molar-refractivity contribution in [2.24, 2.45) is 0 Å². The fourth-order valence-electron chi connectivity index (χ4n) is 2.48. The highest BCUT2D eigenvalue weighted by Gasteiger charge is 2.16. The second-order valence-electron chi connectivity index (χ2n) is 5.96. The summed E-state index contributed by atoms with van der Waals surface area (Å²) in [6.07, 6.45) is 1.68. The van der Waals surface area contributed by atoms with Crippen LogP contribution in [0.5, 0.6) is 0 Å². The number of aryl methyl sites for hydroxylation is 1. The fourth-order valence-corrected chi connectivity index (χ4v) is 3.91. The highest BCUT2D eigenvalue weighted by atomic mass is 32.2. The highest BCUT2D eigenvalue weighted by Crippen LogP contribution is 2.30. The van der Waals surface area contributed by atoms with Gasteiger partial charge in [-0.05, 0) is 42.6 Å². The van der Waals surface area contributed by atoms with Gasteiger partial charge in [-0.3, -0.25) is 4.79 Å². The number of nitrogens with zero attached hydrogens (tertiary/aromatic N) is 3. The van der Waals surface area contributed by atoms with Crippen molar-refractivity contribution in [1.82, 2.24) is 15.1 Å². The van der Waals surface area contributed by atoms with Crippen molar-refractivity contribution in [3.8, 4) is 22.2 Å². The van der Waals surface area contributed by atoms with E-state index in [4.69, 9.17) is 4.52 Å². The lowest BCUT2D eigenvalue weighted by Crippen LogP contribution is -2.14. The van der Waals surface area contributed by atoms with Crippen LogP contribution in [0.4, 0.5) is 5.69 Å². The monoisotopic (exact) mass is 408 g/mol. The van der Waals surface area contributed by atoms with Gasteiger partial charge in [0, 0.05) is 11.9 Å². The molecule has 1 amide bonds. The van der Waals surface area contributed by atoms with Gasteiger partial charge in [-0.15, -0.1) is 11.3 Å². The van der Waals surface area contributed by atoms with E-state index in [1.54, 1.807) is 23.6 Å². The van der Waals surface area contributed by atoms with Crippen molar-refractivity contribution < 1.29 is 9.32 Å². The van der Waals surface area contributed by atoms with Crippen molar-refractivity contribution in [2.75, 3.05) is 11.1 Å². The van der Waals surface area contributed by atoms with Crippen molar-refractivity contribution in [2.45, 2.75) is 11.9 Å². The number of aromatic nitrogens is 3. The molecule has 3 aromatic heterocycles. The van der Waals surface area contributed by atoms with Gasteiger partial charge < -0.3 is 9.84 Å². The maximum atomic E-state index is 12.3. The molecule has 4 rings (SSSR count). The van der Waals surface area contributed by atoms with Crippen molar-refractivity contribution in [1.29, 1.82) is 0 Å². The first-order chi connectivity index (χ1) is 13.7. The zero-order valence-corrected chi connectivity index (χ0v) is 16.6. The Kier molecular flexibility index (Phi) is 5.50. The molecule has 8 heteroatoms. The van der Waals surface area contributed by atoms with Crippen LogP contribution in [-0.4, -0.2) is 26.8 Å². The van der Waals surface area contributed by atoms with Crippen LogP contribution in [0.2, 0.25) is 0 Å². The molecule has 1 N–H and O–H groups in total. The molecular weight excluding hydrogens is 392 g/mol. The summed E-state index contributed by atoms with van der Waals surface area (Å²) in [4.78, 5) is 22.0. The third-order valence-electron chi connectivity index (χ3n) is 3.84. The maximum Gasteiger partial charge on any atom is 0.261 e. The highest BCUT2D eigenvalue weighted by molar-refractivity contribution is 8.00. The molecule has 0 aliphatic heterocycles. The predicted octanol–water partition coefficient (Wildman–Crippen LogP) is 4.90. The first-order valence-corrected chi connectivity index (χ1v) is 10.4. The Hall–Kier alpha value is -2.97. The number of hydrogen-bond donors (Lipinski definition) is 1. The number of pyridine rings is 1. The number of rotatable bonds is 6. The number of hydrogen-bond acceptors (Lipinski definition) is 7. The fraction of sp³-hybridized carbons (Fsp3) is 0.100. The molecule has 140 valence electrons. The number of carbonyl (C=O) groups is 1. The summed E-state index contributed by atoms with van der Waals surface area (Å²) in [5.41, 5.74) is 2.63. The molecular formula is C20H16N4O2S2. The summed E-state index contributed by atoms with van der Waals surface area (Å²) in [6, 6.07) is 15.2. The summed E-state index contributed by atoms with van der Waals surface area (Å²) in [5, 5.41) is 9.56. The van der Waals surface area contributed by atoms with Crippen LogP contribution < -0.4 is 5.32 Å². The molecule has 0 atom stereocenters. The molecule has 0 saturated carbocycles. The second kappa shape index (κ2) is 8.37. The van der Waals surface area contributed by atoms with Crippen LogP contribution in [0.1, 0.15) is 5.56 Å². The molecule has 6 nitrogen and oxygen atoms in total. The van der Waals surface area contributed by atoms with Crippen LogP contribution >= 0.6 is 23.1 Å². The molecule has 4 aromatic rings. The third-order valence-corrected chi connectivity index (χ3v) is 5.72. The summed E-state index contributed by atoms with van der Waals surface area (Å²) in [7, 11) is 0. The van der Waals surface area contributed by atoms with Gasteiger partial charge in [-0.1, -0.05) is 40.7 Å². The minimum atomic E-state index is -0.102. The van der Waals surface area contributed by atoms with Crippen LogP contribution in [0.25, 0.3) is 22.2 Å². The molecule has 0 aliphatic rings. The van der Waals surface area contributed by atoms with Gasteiger partial charge in [-0.25, -0.2) is 4.98 Å². The van der Waals surface area contributed by atoms with Crippen LogP contribution in [0.3, 0.4) is 0 Å². The first kappa shape index (κ1) is 18.4. The molecule has 28 heavy (non-hydrogen) atoms. The van der Waals surface area contributed by atoms with E-state index in [9.17, 15) is 4.79 Å². The van der Waals surface area contributed by atoms with Crippen LogP contribution in [-0.2, 0) is 4.79 Å². The quantitative estimate of drug-likeness (QED) is 0.457. The Morgan fingerprint density at radius 3 is 2.82 bits per heavy atom. The molecule has 0 bridgehead atoms. The summed E-state index contributed by atoms with van der Waals surface area (Å²) >= 11 is 2.88. The summed E-state index contributed by atoms with van der Waals surface area (Å²) in [5.74, 6) is 1.05. The minimum Gasteiger partial charge on any atom is -0.333 e. The maximum absolute atomic E-state index is 12.3. The molecule has 0 spiro atoms. The lowest BCUT2D eigenvalue weighted by molar-refractivity contribution is -0.113. The SMILES string of the molecule is Cc1ccc(NC(=O)CSc2ncccc2-c2nc(-c3cccs3)no2)cc1. The number of benzene rings is 1. The van der Waals surface area contributed by atoms with Crippen molar-refractivity contribution in [3.63, 3.8) is 0 Å². The first-order valence-electron chi connectivity index (χ1n) is 8.51. The molecule has 0 aliphatic carbocycles. The molecule has 1 aromatic carbocycles. The van der Waals surface area contributed by atoms with E-state index in [2.05, 4.69) is 20.4 Å². The number of thioether (sulfide) groups is 1. The smallest absolute Gasteiger partial charge is 0.261 e. The van der Waals surface area contributed by atoms with Gasteiger partial charge in [0.1, 0.15) is 5.03 Å². The van der Waals surface area contributed by atoms with E-state index in [0.29, 0.717) is 22.3 Å². The Morgan fingerprint density at radius 2 is 2.04 bits per heavy atom.